The topological polar surface area (TPSA) is 87.9 Å². The quantitative estimate of drug-likeness (QED) is 0.578. The van der Waals surface area contributed by atoms with Gasteiger partial charge in [-0.15, -0.1) is 0 Å². The first-order valence-corrected chi connectivity index (χ1v) is 9.67. The maximum atomic E-state index is 11.8. The summed E-state index contributed by atoms with van der Waals surface area (Å²) in [7, 11) is 0. The van der Waals surface area contributed by atoms with Crippen LogP contribution < -0.4 is 5.32 Å². The summed E-state index contributed by atoms with van der Waals surface area (Å²) in [5.74, 6) is 0.390. The summed E-state index contributed by atoms with van der Waals surface area (Å²) in [5.41, 5.74) is 3.43. The Morgan fingerprint density at radius 3 is 2.53 bits per heavy atom. The standard InChI is InChI=1S/C24H22N4O2/c25-18-22(23-26-12-5-13-27-23)17-21-9-4-8-20(16-21)11-15-30-24(29)28-14-10-19-6-2-1-3-7-19/h1-9,12-13,16-17H,10-11,14-15H2,(H,28,29). The lowest BCUT2D eigenvalue weighted by atomic mass is 10.1. The van der Waals surface area contributed by atoms with Crippen LogP contribution in [-0.2, 0) is 17.6 Å². The van der Waals surface area contributed by atoms with Crippen molar-refractivity contribution in [2.75, 3.05) is 13.2 Å². The van der Waals surface area contributed by atoms with E-state index in [1.165, 1.54) is 5.56 Å². The molecule has 0 aliphatic rings. The van der Waals surface area contributed by atoms with Crippen molar-refractivity contribution in [2.45, 2.75) is 12.8 Å². The van der Waals surface area contributed by atoms with Gasteiger partial charge in [-0.1, -0.05) is 54.6 Å². The molecule has 0 unspecified atom stereocenters. The number of carbonyl (C=O) groups excluding carboxylic acids is 1. The number of hydrogen-bond donors (Lipinski definition) is 1. The van der Waals surface area contributed by atoms with Gasteiger partial charge in [0, 0.05) is 25.4 Å². The third-order valence-electron chi connectivity index (χ3n) is 4.34. The predicted octanol–water partition coefficient (Wildman–Crippen LogP) is 4.05. The molecule has 0 atom stereocenters. The van der Waals surface area contributed by atoms with Gasteiger partial charge in [0.15, 0.2) is 5.82 Å². The van der Waals surface area contributed by atoms with E-state index in [4.69, 9.17) is 4.74 Å². The third-order valence-corrected chi connectivity index (χ3v) is 4.34. The molecule has 30 heavy (non-hydrogen) atoms. The zero-order chi connectivity index (χ0) is 21.0. The van der Waals surface area contributed by atoms with Gasteiger partial charge in [0.2, 0.25) is 0 Å². The van der Waals surface area contributed by atoms with Gasteiger partial charge < -0.3 is 10.1 Å². The van der Waals surface area contributed by atoms with Crippen LogP contribution in [0.3, 0.4) is 0 Å². The number of carbonyl (C=O) groups is 1. The van der Waals surface area contributed by atoms with Crippen LogP contribution >= 0.6 is 0 Å². The third kappa shape index (κ3) is 6.57. The summed E-state index contributed by atoms with van der Waals surface area (Å²) in [5, 5.41) is 12.2. The van der Waals surface area contributed by atoms with Crippen molar-refractivity contribution in [3.8, 4) is 6.07 Å². The van der Waals surface area contributed by atoms with E-state index in [0.717, 1.165) is 17.5 Å². The molecule has 0 aliphatic heterocycles. The number of nitrogens with one attached hydrogen (secondary N) is 1. The fourth-order valence-corrected chi connectivity index (χ4v) is 2.86. The van der Waals surface area contributed by atoms with Gasteiger partial charge >= 0.3 is 6.09 Å². The van der Waals surface area contributed by atoms with E-state index < -0.39 is 6.09 Å². The van der Waals surface area contributed by atoms with Gasteiger partial charge in [0.25, 0.3) is 0 Å². The van der Waals surface area contributed by atoms with Crippen molar-refractivity contribution >= 4 is 17.7 Å². The van der Waals surface area contributed by atoms with Crippen molar-refractivity contribution in [1.82, 2.24) is 15.3 Å². The maximum Gasteiger partial charge on any atom is 0.407 e. The molecule has 0 spiro atoms. The normalized spacial score (nSPS) is 10.8. The van der Waals surface area contributed by atoms with E-state index in [-0.39, 0.29) is 6.61 Å². The minimum Gasteiger partial charge on any atom is -0.449 e. The Kier molecular flexibility index (Phi) is 7.69. The van der Waals surface area contributed by atoms with E-state index >= 15 is 0 Å². The number of ether oxygens (including phenoxy) is 1. The monoisotopic (exact) mass is 398 g/mol. The molecule has 2 aromatic carbocycles. The highest BCUT2D eigenvalue weighted by Crippen LogP contribution is 2.15. The van der Waals surface area contributed by atoms with Gasteiger partial charge in [0.1, 0.15) is 6.07 Å². The van der Waals surface area contributed by atoms with E-state index in [1.54, 1.807) is 24.5 Å². The summed E-state index contributed by atoms with van der Waals surface area (Å²) in [6.07, 6.45) is 5.87. The molecule has 0 radical (unpaired) electrons. The molecule has 1 aromatic heterocycles. The fourth-order valence-electron chi connectivity index (χ4n) is 2.86. The molecule has 3 aromatic rings. The number of nitriles is 1. The number of aromatic nitrogens is 2. The smallest absolute Gasteiger partial charge is 0.407 e. The Morgan fingerprint density at radius 2 is 1.77 bits per heavy atom. The van der Waals surface area contributed by atoms with Gasteiger partial charge in [0.05, 0.1) is 12.2 Å². The van der Waals surface area contributed by atoms with Crippen LogP contribution in [0.5, 0.6) is 0 Å². The van der Waals surface area contributed by atoms with Crippen molar-refractivity contribution in [2.24, 2.45) is 0 Å². The molecular formula is C24H22N4O2. The lowest BCUT2D eigenvalue weighted by Gasteiger charge is -2.08. The van der Waals surface area contributed by atoms with E-state index in [2.05, 4.69) is 21.4 Å². The summed E-state index contributed by atoms with van der Waals surface area (Å²) >= 11 is 0. The fraction of sp³-hybridized carbons (Fsp3) is 0.167. The van der Waals surface area contributed by atoms with Crippen molar-refractivity contribution in [1.29, 1.82) is 5.26 Å². The Balaban J connectivity index is 1.48. The average Bonchev–Trinajstić information content (AvgIpc) is 2.79. The molecule has 0 bridgehead atoms. The second-order valence-electron chi connectivity index (χ2n) is 6.54. The number of alkyl carbamates (subject to hydrolysis) is 1. The van der Waals surface area contributed by atoms with Crippen LogP contribution in [0.1, 0.15) is 22.5 Å². The molecular weight excluding hydrogens is 376 g/mol. The van der Waals surface area contributed by atoms with Crippen LogP contribution in [0.2, 0.25) is 0 Å². The summed E-state index contributed by atoms with van der Waals surface area (Å²) in [6.45, 7) is 0.804. The van der Waals surface area contributed by atoms with Gasteiger partial charge in [-0.05, 0) is 35.3 Å². The Labute approximate surface area is 175 Å². The Bertz CT molecular complexity index is 1030. The highest BCUT2D eigenvalue weighted by Gasteiger charge is 2.05. The van der Waals surface area contributed by atoms with Crippen molar-refractivity contribution < 1.29 is 9.53 Å². The molecule has 1 heterocycles. The van der Waals surface area contributed by atoms with E-state index in [1.807, 2.05) is 54.6 Å². The molecule has 0 fully saturated rings. The SMILES string of the molecule is N#CC(=Cc1cccc(CCOC(=O)NCCc2ccccc2)c1)c1ncccn1. The van der Waals surface area contributed by atoms with Crippen molar-refractivity contribution in [3.63, 3.8) is 0 Å². The average molecular weight is 398 g/mol. The second kappa shape index (κ2) is 11.1. The molecule has 150 valence electrons. The van der Waals surface area contributed by atoms with Crippen LogP contribution in [0.15, 0.2) is 73.1 Å². The van der Waals surface area contributed by atoms with E-state index in [0.29, 0.717) is 24.4 Å². The van der Waals surface area contributed by atoms with Crippen LogP contribution in [0, 0.1) is 11.3 Å². The number of nitrogens with zero attached hydrogens (tertiary/aromatic N) is 3. The minimum atomic E-state index is -0.421. The molecule has 1 N–H and O–H groups in total. The van der Waals surface area contributed by atoms with Gasteiger partial charge in [-0.3, -0.25) is 0 Å². The minimum absolute atomic E-state index is 0.275. The number of rotatable bonds is 8. The molecule has 3 rings (SSSR count). The molecule has 6 nitrogen and oxygen atoms in total. The molecule has 1 amide bonds. The maximum absolute atomic E-state index is 11.8. The van der Waals surface area contributed by atoms with Crippen LogP contribution in [-0.4, -0.2) is 29.2 Å². The van der Waals surface area contributed by atoms with Gasteiger partial charge in [-0.25, -0.2) is 14.8 Å². The summed E-state index contributed by atoms with van der Waals surface area (Å²) in [6, 6.07) is 21.5. The lowest BCUT2D eigenvalue weighted by molar-refractivity contribution is 0.147. The summed E-state index contributed by atoms with van der Waals surface area (Å²) < 4.78 is 5.26. The van der Waals surface area contributed by atoms with Gasteiger partial charge in [-0.2, -0.15) is 5.26 Å². The molecule has 0 saturated heterocycles. The number of amides is 1. The molecule has 0 saturated carbocycles. The zero-order valence-electron chi connectivity index (χ0n) is 16.5. The largest absolute Gasteiger partial charge is 0.449 e. The number of allylic oxidation sites excluding steroid dienone is 1. The highest BCUT2D eigenvalue weighted by molar-refractivity contribution is 5.86. The first kappa shape index (κ1) is 20.7. The first-order chi connectivity index (χ1) is 14.7. The van der Waals surface area contributed by atoms with Crippen LogP contribution in [0.25, 0.3) is 11.6 Å². The Morgan fingerprint density at radius 1 is 1.00 bits per heavy atom. The molecule has 6 heteroatoms. The second-order valence-corrected chi connectivity index (χ2v) is 6.54. The summed E-state index contributed by atoms with van der Waals surface area (Å²) in [4.78, 5) is 20.1. The zero-order valence-corrected chi connectivity index (χ0v) is 16.5. The van der Waals surface area contributed by atoms with Crippen LogP contribution in [0.4, 0.5) is 4.79 Å². The Hall–Kier alpha value is -3.98. The lowest BCUT2D eigenvalue weighted by Crippen LogP contribution is -2.27. The van der Waals surface area contributed by atoms with Crippen molar-refractivity contribution in [3.05, 3.63) is 95.6 Å². The number of benzene rings is 2. The van der Waals surface area contributed by atoms with E-state index in [9.17, 15) is 10.1 Å². The predicted molar refractivity (Wildman–Crippen MR) is 115 cm³/mol. The molecule has 0 aliphatic carbocycles. The highest BCUT2D eigenvalue weighted by atomic mass is 16.5. The number of hydrogen-bond acceptors (Lipinski definition) is 5. The first-order valence-electron chi connectivity index (χ1n) is 9.67.